The minimum Gasteiger partial charge on any atom is -0.444 e. The Morgan fingerprint density at radius 2 is 2.00 bits per heavy atom. The number of oxazole rings is 1. The molecule has 5 nitrogen and oxygen atoms in total. The average Bonchev–Trinajstić information content (AvgIpc) is 3.16. The molecule has 0 saturated carbocycles. The van der Waals surface area contributed by atoms with Crippen LogP contribution in [0.3, 0.4) is 0 Å². The number of hydrogen-bond donors (Lipinski definition) is 0. The van der Waals surface area contributed by atoms with Crippen LogP contribution in [0.25, 0.3) is 10.8 Å². The highest BCUT2D eigenvalue weighted by Crippen LogP contribution is 2.24. The standard InChI is InChI=1S/C15H12N2O3S/c18-17(19)13-7-4-11(5-8-13)3-6-12-10-20-15(16-12)14-2-1-9-21-14/h1-2,4-5,7-10H,3,6H2. The number of non-ortho nitro benzene ring substituents is 1. The summed E-state index contributed by atoms with van der Waals surface area (Å²) in [6.07, 6.45) is 3.18. The van der Waals surface area contributed by atoms with Gasteiger partial charge in [-0.1, -0.05) is 18.2 Å². The number of nitrogens with zero attached hydrogens (tertiary/aromatic N) is 2. The van der Waals surface area contributed by atoms with E-state index in [1.165, 1.54) is 12.1 Å². The van der Waals surface area contributed by atoms with Crippen LogP contribution in [0.4, 0.5) is 5.69 Å². The zero-order chi connectivity index (χ0) is 14.7. The first kappa shape index (κ1) is 13.5. The molecule has 0 amide bonds. The SMILES string of the molecule is O=[N+]([O-])c1ccc(CCc2coc(-c3cccs3)n2)cc1. The lowest BCUT2D eigenvalue weighted by atomic mass is 10.1. The lowest BCUT2D eigenvalue weighted by molar-refractivity contribution is -0.384. The highest BCUT2D eigenvalue weighted by atomic mass is 32.1. The summed E-state index contributed by atoms with van der Waals surface area (Å²) >= 11 is 1.59. The number of thiophene rings is 1. The highest BCUT2D eigenvalue weighted by molar-refractivity contribution is 7.13. The molecule has 0 spiro atoms. The maximum Gasteiger partial charge on any atom is 0.269 e. The second-order valence-corrected chi connectivity index (χ2v) is 5.49. The Balaban J connectivity index is 1.64. The van der Waals surface area contributed by atoms with E-state index >= 15 is 0 Å². The Kier molecular flexibility index (Phi) is 3.79. The number of benzene rings is 1. The van der Waals surface area contributed by atoms with Crippen molar-refractivity contribution in [3.8, 4) is 10.8 Å². The molecule has 0 aliphatic rings. The van der Waals surface area contributed by atoms with E-state index in [2.05, 4.69) is 4.98 Å². The fraction of sp³-hybridized carbons (Fsp3) is 0.133. The van der Waals surface area contributed by atoms with Gasteiger partial charge < -0.3 is 4.42 Å². The van der Waals surface area contributed by atoms with Crippen molar-refractivity contribution in [1.29, 1.82) is 0 Å². The van der Waals surface area contributed by atoms with Crippen LogP contribution in [0.15, 0.2) is 52.5 Å². The lowest BCUT2D eigenvalue weighted by Gasteiger charge is -1.98. The van der Waals surface area contributed by atoms with Crippen LogP contribution in [0.2, 0.25) is 0 Å². The van der Waals surface area contributed by atoms with Gasteiger partial charge in [0.25, 0.3) is 5.69 Å². The van der Waals surface area contributed by atoms with E-state index in [4.69, 9.17) is 4.42 Å². The Morgan fingerprint density at radius 1 is 1.19 bits per heavy atom. The number of nitro benzene ring substituents is 1. The van der Waals surface area contributed by atoms with Crippen molar-refractivity contribution in [2.24, 2.45) is 0 Å². The Hall–Kier alpha value is -2.47. The fourth-order valence-electron chi connectivity index (χ4n) is 1.99. The summed E-state index contributed by atoms with van der Waals surface area (Å²) in [7, 11) is 0. The summed E-state index contributed by atoms with van der Waals surface area (Å²) < 4.78 is 5.46. The summed E-state index contributed by atoms with van der Waals surface area (Å²) in [5.41, 5.74) is 2.04. The molecule has 3 aromatic rings. The molecule has 0 unspecified atom stereocenters. The van der Waals surface area contributed by atoms with E-state index in [1.807, 2.05) is 17.5 Å². The van der Waals surface area contributed by atoms with Crippen LogP contribution >= 0.6 is 11.3 Å². The lowest BCUT2D eigenvalue weighted by Crippen LogP contribution is -1.93. The average molecular weight is 300 g/mol. The van der Waals surface area contributed by atoms with Crippen LogP contribution in [0.5, 0.6) is 0 Å². The molecular weight excluding hydrogens is 288 g/mol. The molecular formula is C15H12N2O3S. The van der Waals surface area contributed by atoms with Gasteiger partial charge in [0.2, 0.25) is 5.89 Å². The fourth-order valence-corrected chi connectivity index (χ4v) is 2.65. The van der Waals surface area contributed by atoms with E-state index in [0.717, 1.165) is 29.0 Å². The molecule has 2 aromatic heterocycles. The highest BCUT2D eigenvalue weighted by Gasteiger charge is 2.08. The van der Waals surface area contributed by atoms with Gasteiger partial charge in [0.15, 0.2) is 0 Å². The van der Waals surface area contributed by atoms with Gasteiger partial charge in [-0.25, -0.2) is 4.98 Å². The summed E-state index contributed by atoms with van der Waals surface area (Å²) in [6.45, 7) is 0. The largest absolute Gasteiger partial charge is 0.444 e. The Bertz CT molecular complexity index is 733. The van der Waals surface area contributed by atoms with Gasteiger partial charge in [-0.3, -0.25) is 10.1 Å². The molecule has 21 heavy (non-hydrogen) atoms. The first-order valence-electron chi connectivity index (χ1n) is 6.44. The normalized spacial score (nSPS) is 10.7. The van der Waals surface area contributed by atoms with Crippen molar-refractivity contribution in [2.45, 2.75) is 12.8 Å². The third kappa shape index (κ3) is 3.17. The van der Waals surface area contributed by atoms with Crippen LogP contribution in [0.1, 0.15) is 11.3 Å². The Morgan fingerprint density at radius 3 is 2.67 bits per heavy atom. The number of rotatable bonds is 5. The van der Waals surface area contributed by atoms with Gasteiger partial charge in [-0.05, 0) is 29.9 Å². The van der Waals surface area contributed by atoms with E-state index in [9.17, 15) is 10.1 Å². The minimum atomic E-state index is -0.394. The zero-order valence-corrected chi connectivity index (χ0v) is 11.9. The molecule has 2 heterocycles. The topological polar surface area (TPSA) is 69.2 Å². The van der Waals surface area contributed by atoms with E-state index in [-0.39, 0.29) is 5.69 Å². The monoisotopic (exact) mass is 300 g/mol. The van der Waals surface area contributed by atoms with E-state index < -0.39 is 4.92 Å². The second kappa shape index (κ2) is 5.88. The molecule has 0 saturated heterocycles. The molecule has 106 valence electrons. The van der Waals surface area contributed by atoms with E-state index in [0.29, 0.717) is 5.89 Å². The number of aryl methyl sites for hydroxylation is 2. The molecule has 6 heteroatoms. The molecule has 0 aliphatic carbocycles. The smallest absolute Gasteiger partial charge is 0.269 e. The maximum atomic E-state index is 10.6. The van der Waals surface area contributed by atoms with Crippen molar-refractivity contribution in [3.63, 3.8) is 0 Å². The van der Waals surface area contributed by atoms with Crippen LogP contribution in [0, 0.1) is 10.1 Å². The minimum absolute atomic E-state index is 0.111. The molecule has 0 radical (unpaired) electrons. The maximum absolute atomic E-state index is 10.6. The number of aromatic nitrogens is 1. The second-order valence-electron chi connectivity index (χ2n) is 4.54. The van der Waals surface area contributed by atoms with Gasteiger partial charge >= 0.3 is 0 Å². The predicted molar refractivity (Wildman–Crippen MR) is 80.3 cm³/mol. The van der Waals surface area contributed by atoms with Gasteiger partial charge in [-0.2, -0.15) is 0 Å². The first-order chi connectivity index (χ1) is 10.2. The van der Waals surface area contributed by atoms with E-state index in [1.54, 1.807) is 29.7 Å². The van der Waals surface area contributed by atoms with Gasteiger partial charge in [0.1, 0.15) is 6.26 Å². The van der Waals surface area contributed by atoms with Crippen LogP contribution in [-0.4, -0.2) is 9.91 Å². The molecule has 0 fully saturated rings. The third-order valence-corrected chi connectivity index (χ3v) is 3.96. The molecule has 3 rings (SSSR count). The summed E-state index contributed by atoms with van der Waals surface area (Å²) in [6, 6.07) is 10.5. The quantitative estimate of drug-likeness (QED) is 0.525. The number of hydrogen-bond acceptors (Lipinski definition) is 5. The van der Waals surface area contributed by atoms with Gasteiger partial charge in [-0.15, -0.1) is 11.3 Å². The molecule has 1 aromatic carbocycles. The third-order valence-electron chi connectivity index (χ3n) is 3.10. The van der Waals surface area contributed by atoms with Crippen LogP contribution < -0.4 is 0 Å². The van der Waals surface area contributed by atoms with Gasteiger partial charge in [0.05, 0.1) is 15.5 Å². The summed E-state index contributed by atoms with van der Waals surface area (Å²) in [5.74, 6) is 0.642. The number of nitro groups is 1. The van der Waals surface area contributed by atoms with Crippen LogP contribution in [-0.2, 0) is 12.8 Å². The summed E-state index contributed by atoms with van der Waals surface area (Å²) in [5, 5.41) is 12.6. The molecule has 0 bridgehead atoms. The molecule has 0 aliphatic heterocycles. The summed E-state index contributed by atoms with van der Waals surface area (Å²) in [4.78, 5) is 15.7. The van der Waals surface area contributed by atoms with Crippen molar-refractivity contribution in [2.75, 3.05) is 0 Å². The molecule has 0 atom stereocenters. The molecule has 0 N–H and O–H groups in total. The predicted octanol–water partition coefficient (Wildman–Crippen LogP) is 4.10. The zero-order valence-electron chi connectivity index (χ0n) is 11.1. The first-order valence-corrected chi connectivity index (χ1v) is 7.32. The van der Waals surface area contributed by atoms with Gasteiger partial charge in [0, 0.05) is 12.1 Å². The Labute approximate surface area is 125 Å². The van der Waals surface area contributed by atoms with Crippen molar-refractivity contribution < 1.29 is 9.34 Å². The van der Waals surface area contributed by atoms with Crippen molar-refractivity contribution in [1.82, 2.24) is 4.98 Å². The van der Waals surface area contributed by atoms with Crippen molar-refractivity contribution in [3.05, 3.63) is 69.4 Å². The van der Waals surface area contributed by atoms with Crippen molar-refractivity contribution >= 4 is 17.0 Å².